The summed E-state index contributed by atoms with van der Waals surface area (Å²) in [5, 5.41) is 0. The van der Waals surface area contributed by atoms with Crippen LogP contribution in [0.15, 0.2) is 59.5 Å². The smallest absolute Gasteiger partial charge is 0.253 e. The first-order chi connectivity index (χ1) is 15.5. The summed E-state index contributed by atoms with van der Waals surface area (Å²) in [6.45, 7) is 4.07. The predicted molar refractivity (Wildman–Crippen MR) is 121 cm³/mol. The van der Waals surface area contributed by atoms with Gasteiger partial charge in [0.25, 0.3) is 5.91 Å². The molecule has 2 aromatic carbocycles. The lowest BCUT2D eigenvalue weighted by Gasteiger charge is -2.32. The fraction of sp³-hybridized carbons (Fsp3) is 0.458. The minimum atomic E-state index is -3.56. The van der Waals surface area contributed by atoms with E-state index in [1.165, 1.54) is 16.4 Å². The number of morpholine rings is 1. The quantitative estimate of drug-likeness (QED) is 0.638. The molecule has 8 heteroatoms. The van der Waals surface area contributed by atoms with E-state index in [0.29, 0.717) is 64.1 Å². The van der Waals surface area contributed by atoms with Crippen LogP contribution in [0.25, 0.3) is 0 Å². The van der Waals surface area contributed by atoms with E-state index in [9.17, 15) is 13.2 Å². The zero-order chi connectivity index (χ0) is 22.4. The normalized spacial score (nSPS) is 20.2. The van der Waals surface area contributed by atoms with Crippen molar-refractivity contribution >= 4 is 15.9 Å². The van der Waals surface area contributed by atoms with E-state index >= 15 is 0 Å². The summed E-state index contributed by atoms with van der Waals surface area (Å²) in [5.74, 6) is 0.241. The summed E-state index contributed by atoms with van der Waals surface area (Å²) in [6.07, 6.45) is 1.98. The van der Waals surface area contributed by atoms with Crippen molar-refractivity contribution in [3.05, 3.63) is 65.7 Å². The Morgan fingerprint density at radius 2 is 1.72 bits per heavy atom. The number of rotatable bonds is 7. The number of likely N-dealkylation sites (tertiary alicyclic amines) is 1. The maximum Gasteiger partial charge on any atom is 0.253 e. The molecule has 0 N–H and O–H groups in total. The van der Waals surface area contributed by atoms with Gasteiger partial charge in [-0.05, 0) is 48.6 Å². The van der Waals surface area contributed by atoms with Gasteiger partial charge in [-0.25, -0.2) is 8.42 Å². The highest BCUT2D eigenvalue weighted by Crippen LogP contribution is 2.22. The Labute approximate surface area is 190 Å². The Morgan fingerprint density at radius 1 is 1.00 bits per heavy atom. The van der Waals surface area contributed by atoms with E-state index in [1.807, 2.05) is 35.2 Å². The van der Waals surface area contributed by atoms with Gasteiger partial charge in [0, 0.05) is 31.7 Å². The molecule has 0 saturated carbocycles. The highest BCUT2D eigenvalue weighted by Gasteiger charge is 2.28. The van der Waals surface area contributed by atoms with E-state index < -0.39 is 10.0 Å². The lowest BCUT2D eigenvalue weighted by Crippen LogP contribution is -2.41. The van der Waals surface area contributed by atoms with Crippen LogP contribution >= 0.6 is 0 Å². The van der Waals surface area contributed by atoms with Gasteiger partial charge in [0.2, 0.25) is 10.0 Å². The minimum absolute atomic E-state index is 0.0620. The van der Waals surface area contributed by atoms with E-state index in [1.54, 1.807) is 12.1 Å². The highest BCUT2D eigenvalue weighted by molar-refractivity contribution is 7.89. The fourth-order valence-corrected chi connectivity index (χ4v) is 5.60. The number of sulfonamides is 1. The molecule has 172 valence electrons. The lowest BCUT2D eigenvalue weighted by molar-refractivity contribution is 0.0425. The number of ether oxygens (including phenoxy) is 2. The molecule has 2 fully saturated rings. The molecule has 0 aliphatic carbocycles. The molecule has 0 aromatic heterocycles. The summed E-state index contributed by atoms with van der Waals surface area (Å²) >= 11 is 0. The monoisotopic (exact) mass is 458 g/mol. The fourth-order valence-electron chi connectivity index (χ4n) is 4.19. The van der Waals surface area contributed by atoms with E-state index in [4.69, 9.17) is 9.47 Å². The Bertz CT molecular complexity index is 989. The van der Waals surface area contributed by atoms with Gasteiger partial charge >= 0.3 is 0 Å². The van der Waals surface area contributed by atoms with Crippen LogP contribution in [0.5, 0.6) is 0 Å². The maximum atomic E-state index is 13.0. The molecule has 0 spiro atoms. The van der Waals surface area contributed by atoms with Crippen molar-refractivity contribution in [2.75, 3.05) is 46.0 Å². The van der Waals surface area contributed by atoms with E-state index in [2.05, 4.69) is 0 Å². The maximum absolute atomic E-state index is 13.0. The topological polar surface area (TPSA) is 76.2 Å². The van der Waals surface area contributed by atoms with Gasteiger partial charge in [0.15, 0.2) is 0 Å². The first-order valence-corrected chi connectivity index (χ1v) is 12.6. The van der Waals surface area contributed by atoms with Crippen LogP contribution in [0.3, 0.4) is 0 Å². The number of carbonyl (C=O) groups excluding carboxylic acids is 1. The van der Waals surface area contributed by atoms with Gasteiger partial charge in [-0.2, -0.15) is 4.31 Å². The third-order valence-corrected chi connectivity index (χ3v) is 7.89. The van der Waals surface area contributed by atoms with Crippen LogP contribution in [-0.2, 0) is 26.1 Å². The van der Waals surface area contributed by atoms with Gasteiger partial charge in [-0.3, -0.25) is 4.79 Å². The van der Waals surface area contributed by atoms with Gasteiger partial charge in [0.1, 0.15) is 0 Å². The molecule has 2 heterocycles. The molecular formula is C24H30N2O5S. The molecule has 0 bridgehead atoms. The Balaban J connectivity index is 1.33. The van der Waals surface area contributed by atoms with Gasteiger partial charge in [-0.15, -0.1) is 0 Å². The average molecular weight is 459 g/mol. The number of amides is 1. The molecule has 1 unspecified atom stereocenters. The SMILES string of the molecule is O=C(c1ccc(S(=O)(=O)N2CCOCC2)cc1)N1CCCC(COCc2ccccc2)C1. The van der Waals surface area contributed by atoms with Crippen molar-refractivity contribution in [1.82, 2.24) is 9.21 Å². The van der Waals surface area contributed by atoms with Crippen molar-refractivity contribution in [3.8, 4) is 0 Å². The third-order valence-electron chi connectivity index (χ3n) is 5.98. The zero-order valence-corrected chi connectivity index (χ0v) is 19.0. The van der Waals surface area contributed by atoms with Crippen molar-refractivity contribution in [1.29, 1.82) is 0 Å². The average Bonchev–Trinajstić information content (AvgIpc) is 2.85. The van der Waals surface area contributed by atoms with Crippen LogP contribution in [0, 0.1) is 5.92 Å². The number of hydrogen-bond acceptors (Lipinski definition) is 5. The molecule has 2 aromatic rings. The summed E-state index contributed by atoms with van der Waals surface area (Å²) < 4.78 is 38.1. The second kappa shape index (κ2) is 10.6. The molecule has 1 atom stereocenters. The number of hydrogen-bond donors (Lipinski definition) is 0. The molecule has 4 rings (SSSR count). The van der Waals surface area contributed by atoms with Crippen molar-refractivity contribution in [3.63, 3.8) is 0 Å². The predicted octanol–water partition coefficient (Wildman–Crippen LogP) is 2.78. The van der Waals surface area contributed by atoms with Crippen molar-refractivity contribution in [2.24, 2.45) is 5.92 Å². The van der Waals surface area contributed by atoms with Gasteiger partial charge in [-0.1, -0.05) is 30.3 Å². The van der Waals surface area contributed by atoms with E-state index in [0.717, 1.165) is 18.4 Å². The number of nitrogens with zero attached hydrogens (tertiary/aromatic N) is 2. The number of piperidine rings is 1. The number of carbonyl (C=O) groups is 1. The van der Waals surface area contributed by atoms with Crippen LogP contribution in [-0.4, -0.2) is 69.5 Å². The summed E-state index contributed by atoms with van der Waals surface area (Å²) in [7, 11) is -3.56. The third kappa shape index (κ3) is 5.56. The van der Waals surface area contributed by atoms with Crippen LogP contribution in [0.4, 0.5) is 0 Å². The molecule has 2 aliphatic heterocycles. The Kier molecular flexibility index (Phi) is 7.57. The Hall–Kier alpha value is -2.26. The summed E-state index contributed by atoms with van der Waals surface area (Å²) in [4.78, 5) is 15.1. The largest absolute Gasteiger partial charge is 0.379 e. The second-order valence-corrected chi connectivity index (χ2v) is 10.2. The molecule has 0 radical (unpaired) electrons. The molecule has 1 amide bonds. The summed E-state index contributed by atoms with van der Waals surface area (Å²) in [5.41, 5.74) is 1.65. The molecular weight excluding hydrogens is 428 g/mol. The van der Waals surface area contributed by atoms with Crippen LogP contribution < -0.4 is 0 Å². The standard InChI is InChI=1S/C24H30N2O5S/c27-24(22-8-10-23(11-9-22)32(28,29)26-13-15-30-16-14-26)25-12-4-7-21(17-25)19-31-18-20-5-2-1-3-6-20/h1-3,5-6,8-11,21H,4,7,12-19H2. The van der Waals surface area contributed by atoms with Crippen molar-refractivity contribution in [2.45, 2.75) is 24.3 Å². The van der Waals surface area contributed by atoms with Crippen LogP contribution in [0.2, 0.25) is 0 Å². The second-order valence-electron chi connectivity index (χ2n) is 8.30. The zero-order valence-electron chi connectivity index (χ0n) is 18.2. The molecule has 7 nitrogen and oxygen atoms in total. The Morgan fingerprint density at radius 3 is 2.44 bits per heavy atom. The number of benzene rings is 2. The minimum Gasteiger partial charge on any atom is -0.379 e. The van der Waals surface area contributed by atoms with E-state index in [-0.39, 0.29) is 10.8 Å². The lowest BCUT2D eigenvalue weighted by atomic mass is 9.98. The first-order valence-electron chi connectivity index (χ1n) is 11.1. The molecule has 2 saturated heterocycles. The first kappa shape index (κ1) is 22.9. The molecule has 32 heavy (non-hydrogen) atoms. The van der Waals surface area contributed by atoms with Gasteiger partial charge < -0.3 is 14.4 Å². The molecule has 2 aliphatic rings. The van der Waals surface area contributed by atoms with Gasteiger partial charge in [0.05, 0.1) is 31.3 Å². The summed E-state index contributed by atoms with van der Waals surface area (Å²) in [6, 6.07) is 16.4. The van der Waals surface area contributed by atoms with Crippen molar-refractivity contribution < 1.29 is 22.7 Å². The van der Waals surface area contributed by atoms with Crippen LogP contribution in [0.1, 0.15) is 28.8 Å². The highest BCUT2D eigenvalue weighted by atomic mass is 32.2.